The summed E-state index contributed by atoms with van der Waals surface area (Å²) in [5, 5.41) is 0. The third-order valence-corrected chi connectivity index (χ3v) is 6.11. The number of benzene rings is 2. The van der Waals surface area contributed by atoms with Crippen molar-refractivity contribution in [3.63, 3.8) is 0 Å². The maximum absolute atomic E-state index is 6.14. The summed E-state index contributed by atoms with van der Waals surface area (Å²) in [4.78, 5) is 10.6. The molecule has 0 saturated heterocycles. The fraction of sp³-hybridized carbons (Fsp3) is 0.300. The Morgan fingerprint density at radius 3 is 1.39 bits per heavy atom. The molecule has 28 heavy (non-hydrogen) atoms. The highest BCUT2D eigenvalue weighted by molar-refractivity contribution is 8.76. The quantitative estimate of drug-likeness (QED) is 0.235. The topological polar surface area (TPSA) is 129 Å². The van der Waals surface area contributed by atoms with Crippen molar-refractivity contribution in [3.05, 3.63) is 47.5 Å². The van der Waals surface area contributed by atoms with Crippen molar-refractivity contribution < 1.29 is 0 Å². The maximum Gasteiger partial charge on any atom is 0.125 e. The average Bonchev–Trinajstić information content (AvgIpc) is 2.60. The largest absolute Gasteiger partial charge is 0.398 e. The Hall–Kier alpha value is -2.32. The molecule has 0 aliphatic carbocycles. The van der Waals surface area contributed by atoms with Gasteiger partial charge in [-0.3, -0.25) is 9.98 Å². The normalized spacial score (nSPS) is 12.8. The minimum Gasteiger partial charge on any atom is -0.398 e. The van der Waals surface area contributed by atoms with E-state index in [1.54, 1.807) is 0 Å². The molecule has 0 atom stereocenters. The Kier molecular flexibility index (Phi) is 7.65. The molecule has 2 aromatic rings. The first-order valence-corrected chi connectivity index (χ1v) is 11.1. The van der Waals surface area contributed by atoms with Crippen LogP contribution in [0.5, 0.6) is 0 Å². The van der Waals surface area contributed by atoms with Gasteiger partial charge in [0, 0.05) is 44.4 Å². The number of hydrogen-bond donors (Lipinski definition) is 4. The number of aliphatic imine (C=N–C) groups is 2. The van der Waals surface area contributed by atoms with Gasteiger partial charge in [-0.15, -0.1) is 0 Å². The van der Waals surface area contributed by atoms with Gasteiger partial charge in [-0.05, 0) is 64.1 Å². The predicted octanol–water partition coefficient (Wildman–Crippen LogP) is 3.88. The van der Waals surface area contributed by atoms with E-state index in [0.29, 0.717) is 23.0 Å². The SMILES string of the molecule is CC(C)N=C(N)c1ccc(N)c(SSc2cc(C(N)=NC(C)C)ccc2N)c1. The lowest BCUT2D eigenvalue weighted by molar-refractivity contribution is 0.834. The fourth-order valence-electron chi connectivity index (χ4n) is 2.33. The minimum absolute atomic E-state index is 0.128. The van der Waals surface area contributed by atoms with Crippen LogP contribution in [0.4, 0.5) is 11.4 Å². The Labute approximate surface area is 174 Å². The highest BCUT2D eigenvalue weighted by atomic mass is 33.1. The lowest BCUT2D eigenvalue weighted by Crippen LogP contribution is -2.16. The molecule has 0 saturated carbocycles. The maximum atomic E-state index is 6.14. The first-order chi connectivity index (χ1) is 13.2. The number of hydrogen-bond acceptors (Lipinski definition) is 6. The van der Waals surface area contributed by atoms with E-state index in [0.717, 1.165) is 20.9 Å². The molecule has 2 aromatic carbocycles. The van der Waals surface area contributed by atoms with Crippen LogP contribution in [-0.4, -0.2) is 23.8 Å². The fourth-order valence-corrected chi connectivity index (χ4v) is 4.59. The van der Waals surface area contributed by atoms with E-state index in [1.165, 1.54) is 21.6 Å². The van der Waals surface area contributed by atoms with Crippen LogP contribution in [0.25, 0.3) is 0 Å². The van der Waals surface area contributed by atoms with Crippen LogP contribution in [0.15, 0.2) is 56.2 Å². The van der Waals surface area contributed by atoms with Crippen molar-refractivity contribution in [2.75, 3.05) is 11.5 Å². The van der Waals surface area contributed by atoms with Gasteiger partial charge in [-0.25, -0.2) is 0 Å². The zero-order valence-electron chi connectivity index (χ0n) is 16.6. The first kappa shape index (κ1) is 22.0. The Bertz CT molecular complexity index is 817. The molecular weight excluding hydrogens is 388 g/mol. The van der Waals surface area contributed by atoms with Gasteiger partial charge in [0.1, 0.15) is 11.7 Å². The lowest BCUT2D eigenvalue weighted by atomic mass is 10.2. The van der Waals surface area contributed by atoms with Crippen molar-refractivity contribution in [1.29, 1.82) is 0 Å². The van der Waals surface area contributed by atoms with Crippen molar-refractivity contribution in [1.82, 2.24) is 0 Å². The molecule has 0 aliphatic rings. The highest BCUT2D eigenvalue weighted by Crippen LogP contribution is 2.42. The monoisotopic (exact) mass is 416 g/mol. The van der Waals surface area contributed by atoms with Gasteiger partial charge >= 0.3 is 0 Å². The van der Waals surface area contributed by atoms with E-state index in [4.69, 9.17) is 22.9 Å². The zero-order valence-corrected chi connectivity index (χ0v) is 18.3. The summed E-state index contributed by atoms with van der Waals surface area (Å²) < 4.78 is 0. The molecule has 8 N–H and O–H groups in total. The standard InChI is InChI=1S/C20H28N6S2/c1-11(2)25-19(23)13-5-7-15(21)17(9-13)27-28-18-10-14(6-8-16(18)22)20(24)26-12(3)4/h5-12H,21-22H2,1-4H3,(H2,23,25)(H2,24,26). The molecule has 6 nitrogen and oxygen atoms in total. The van der Waals surface area contributed by atoms with Gasteiger partial charge in [0.25, 0.3) is 0 Å². The van der Waals surface area contributed by atoms with Gasteiger partial charge in [0.05, 0.1) is 0 Å². The van der Waals surface area contributed by atoms with Gasteiger partial charge < -0.3 is 22.9 Å². The third kappa shape index (κ3) is 6.10. The average molecular weight is 417 g/mol. The molecule has 0 unspecified atom stereocenters. The van der Waals surface area contributed by atoms with E-state index in [9.17, 15) is 0 Å². The Morgan fingerprint density at radius 1 is 0.714 bits per heavy atom. The van der Waals surface area contributed by atoms with E-state index < -0.39 is 0 Å². The van der Waals surface area contributed by atoms with Crippen LogP contribution in [0, 0.1) is 0 Å². The second kappa shape index (κ2) is 9.75. The molecule has 0 amide bonds. The Morgan fingerprint density at radius 2 is 1.07 bits per heavy atom. The predicted molar refractivity (Wildman–Crippen MR) is 125 cm³/mol. The van der Waals surface area contributed by atoms with Crippen molar-refractivity contribution in [3.8, 4) is 0 Å². The molecule has 2 rings (SSSR count). The van der Waals surface area contributed by atoms with Crippen LogP contribution in [0.2, 0.25) is 0 Å². The van der Waals surface area contributed by atoms with E-state index >= 15 is 0 Å². The molecule has 0 spiro atoms. The van der Waals surface area contributed by atoms with Crippen LogP contribution in [0.3, 0.4) is 0 Å². The molecule has 0 aliphatic heterocycles. The summed E-state index contributed by atoms with van der Waals surface area (Å²) in [6.07, 6.45) is 0. The molecule has 0 heterocycles. The molecule has 0 bridgehead atoms. The molecular formula is C20H28N6S2. The van der Waals surface area contributed by atoms with E-state index in [2.05, 4.69) is 9.98 Å². The van der Waals surface area contributed by atoms with E-state index in [-0.39, 0.29) is 12.1 Å². The zero-order chi connectivity index (χ0) is 20.8. The number of anilines is 2. The number of amidine groups is 2. The van der Waals surface area contributed by atoms with Crippen LogP contribution in [0.1, 0.15) is 38.8 Å². The number of nitrogen functional groups attached to an aromatic ring is 2. The minimum atomic E-state index is 0.128. The van der Waals surface area contributed by atoms with Crippen LogP contribution < -0.4 is 22.9 Å². The number of nitrogens with two attached hydrogens (primary N) is 4. The van der Waals surface area contributed by atoms with Gasteiger partial charge in [0.15, 0.2) is 0 Å². The van der Waals surface area contributed by atoms with Gasteiger partial charge in [-0.2, -0.15) is 0 Å². The molecule has 0 fully saturated rings. The highest BCUT2D eigenvalue weighted by Gasteiger charge is 2.10. The van der Waals surface area contributed by atoms with Crippen LogP contribution >= 0.6 is 21.6 Å². The summed E-state index contributed by atoms with van der Waals surface area (Å²) in [5.41, 5.74) is 27.5. The summed E-state index contributed by atoms with van der Waals surface area (Å²) in [5.74, 6) is 1.00. The smallest absolute Gasteiger partial charge is 0.125 e. The summed E-state index contributed by atoms with van der Waals surface area (Å²) in [7, 11) is 3.04. The summed E-state index contributed by atoms with van der Waals surface area (Å²) >= 11 is 0. The second-order valence-electron chi connectivity index (χ2n) is 6.89. The van der Waals surface area contributed by atoms with Crippen molar-refractivity contribution in [2.45, 2.75) is 49.6 Å². The number of rotatable bonds is 7. The van der Waals surface area contributed by atoms with Crippen molar-refractivity contribution >= 4 is 44.6 Å². The first-order valence-electron chi connectivity index (χ1n) is 8.98. The van der Waals surface area contributed by atoms with E-state index in [1.807, 2.05) is 64.1 Å². The molecule has 0 radical (unpaired) electrons. The molecule has 0 aromatic heterocycles. The molecule has 8 heteroatoms. The lowest BCUT2D eigenvalue weighted by Gasteiger charge is -2.11. The number of nitrogens with zero attached hydrogens (tertiary/aromatic N) is 2. The molecule has 150 valence electrons. The summed E-state index contributed by atoms with van der Waals surface area (Å²) in [6, 6.07) is 11.6. The van der Waals surface area contributed by atoms with Gasteiger partial charge in [-0.1, -0.05) is 21.6 Å². The van der Waals surface area contributed by atoms with Gasteiger partial charge in [0.2, 0.25) is 0 Å². The summed E-state index contributed by atoms with van der Waals surface area (Å²) in [6.45, 7) is 7.94. The second-order valence-corrected chi connectivity index (χ2v) is 9.10. The van der Waals surface area contributed by atoms with Crippen LogP contribution in [-0.2, 0) is 0 Å². The van der Waals surface area contributed by atoms with Crippen molar-refractivity contribution in [2.24, 2.45) is 21.5 Å². The Balaban J connectivity index is 2.24. The third-order valence-electron chi connectivity index (χ3n) is 3.63.